The van der Waals surface area contributed by atoms with Gasteiger partial charge in [-0.15, -0.1) is 11.3 Å². The van der Waals surface area contributed by atoms with E-state index in [2.05, 4.69) is 265 Å². The van der Waals surface area contributed by atoms with Crippen molar-refractivity contribution in [2.75, 3.05) is 0 Å². The van der Waals surface area contributed by atoms with Crippen molar-refractivity contribution in [2.45, 2.75) is 12.8 Å². The maximum absolute atomic E-state index is 3.23. The molecule has 12 aromatic rings. The first-order valence-electron chi connectivity index (χ1n) is 24.0. The molecule has 69 heavy (non-hydrogen) atoms. The van der Waals surface area contributed by atoms with E-state index >= 15 is 0 Å². The predicted molar refractivity (Wildman–Crippen MR) is 299 cm³/mol. The van der Waals surface area contributed by atoms with E-state index in [1.807, 2.05) is 11.3 Å². The van der Waals surface area contributed by atoms with Gasteiger partial charge >= 0.3 is 0 Å². The lowest BCUT2D eigenvalue weighted by molar-refractivity contribution is 1.02. The SMILES string of the molecule is C1=Cc2c(sc3cc4c5ccccc5n(-c5c(-c6ccccc6)cc([Si](c6ccccc6)(c6ccccc6)c6cc(-c7ccccc7)cc(-c7ccccc7)c6)cc5-c5ccccc5)c4cc23)CC1. The van der Waals surface area contributed by atoms with E-state index in [0.29, 0.717) is 0 Å². The molecule has 0 bridgehead atoms. The molecule has 3 heteroatoms. The highest BCUT2D eigenvalue weighted by molar-refractivity contribution is 7.20. The van der Waals surface area contributed by atoms with Gasteiger partial charge in [-0.2, -0.15) is 0 Å². The largest absolute Gasteiger partial charge is 0.308 e. The number of aromatic nitrogens is 1. The van der Waals surface area contributed by atoms with E-state index in [1.165, 1.54) is 113 Å². The van der Waals surface area contributed by atoms with Crippen LogP contribution in [-0.4, -0.2) is 12.6 Å². The Labute approximate surface area is 408 Å². The van der Waals surface area contributed by atoms with Crippen LogP contribution >= 0.6 is 11.3 Å². The standard InChI is InChI=1S/C66H47NSSi/c1-7-23-46(24-8-1)50-39-51(47-25-9-2-10-26-47)41-54(40-50)69(52-31-15-5-16-32-52,53-33-17-6-18-34-53)55-42-58(48-27-11-3-12-28-48)66(59(43-55)49-29-13-4-14-30-49)67-62-37-21-19-35-56(62)60-45-65-61(44-63(60)67)57-36-20-22-38-64(57)68-65/h1-21,23-37,39-45H,22,38H2. The summed E-state index contributed by atoms with van der Waals surface area (Å²) in [5.41, 5.74) is 14.6. The van der Waals surface area contributed by atoms with Gasteiger partial charge in [0.05, 0.1) is 16.7 Å². The van der Waals surface area contributed by atoms with Crippen molar-refractivity contribution in [1.29, 1.82) is 0 Å². The Morgan fingerprint density at radius 3 is 1.39 bits per heavy atom. The Morgan fingerprint density at radius 2 is 0.841 bits per heavy atom. The van der Waals surface area contributed by atoms with E-state index < -0.39 is 8.07 Å². The summed E-state index contributed by atoms with van der Waals surface area (Å²) in [6, 6.07) is 93.6. The minimum Gasteiger partial charge on any atom is -0.308 e. The van der Waals surface area contributed by atoms with Crippen molar-refractivity contribution in [2.24, 2.45) is 0 Å². The average Bonchev–Trinajstić information content (AvgIpc) is 3.96. The quantitative estimate of drug-likeness (QED) is 0.100. The molecule has 0 amide bonds. The number of nitrogens with zero attached hydrogens (tertiary/aromatic N) is 1. The van der Waals surface area contributed by atoms with Gasteiger partial charge < -0.3 is 4.57 Å². The lowest BCUT2D eigenvalue weighted by atomic mass is 9.95. The summed E-state index contributed by atoms with van der Waals surface area (Å²) in [6.45, 7) is 0. The zero-order valence-electron chi connectivity index (χ0n) is 38.1. The maximum Gasteiger partial charge on any atom is 0.179 e. The molecule has 0 fully saturated rings. The molecule has 0 spiro atoms. The molecule has 0 atom stereocenters. The summed E-state index contributed by atoms with van der Waals surface area (Å²) in [6.07, 6.45) is 6.91. The topological polar surface area (TPSA) is 4.93 Å². The molecule has 0 saturated carbocycles. The van der Waals surface area contributed by atoms with Crippen LogP contribution < -0.4 is 20.7 Å². The first kappa shape index (κ1) is 41.1. The molecule has 10 aromatic carbocycles. The van der Waals surface area contributed by atoms with Crippen molar-refractivity contribution in [3.05, 3.63) is 265 Å². The van der Waals surface area contributed by atoms with Crippen molar-refractivity contribution in [3.63, 3.8) is 0 Å². The normalized spacial score (nSPS) is 12.5. The lowest BCUT2D eigenvalue weighted by Crippen LogP contribution is -2.74. The van der Waals surface area contributed by atoms with E-state index in [0.717, 1.165) is 12.8 Å². The van der Waals surface area contributed by atoms with E-state index in [9.17, 15) is 0 Å². The van der Waals surface area contributed by atoms with Gasteiger partial charge in [0.1, 0.15) is 0 Å². The van der Waals surface area contributed by atoms with Gasteiger partial charge in [-0.1, -0.05) is 237 Å². The number of allylic oxidation sites excluding steroid dienone is 1. The second-order valence-corrected chi connectivity index (χ2v) is 23.2. The van der Waals surface area contributed by atoms with Gasteiger partial charge in [0.25, 0.3) is 0 Å². The monoisotopic (exact) mass is 913 g/mol. The molecule has 1 aliphatic rings. The minimum absolute atomic E-state index is 1.10. The number of rotatable bonds is 9. The molecule has 13 rings (SSSR count). The fraction of sp³-hybridized carbons (Fsp3) is 0.0303. The summed E-state index contributed by atoms with van der Waals surface area (Å²) >= 11 is 1.97. The van der Waals surface area contributed by atoms with Gasteiger partial charge in [-0.3, -0.25) is 0 Å². The Balaban J connectivity index is 1.21. The molecular formula is C66H47NSSi. The zero-order chi connectivity index (χ0) is 45.7. The molecular weight excluding hydrogens is 867 g/mol. The van der Waals surface area contributed by atoms with Crippen LogP contribution in [0.15, 0.2) is 255 Å². The number of fused-ring (bicyclic) bond motifs is 6. The first-order valence-corrected chi connectivity index (χ1v) is 26.9. The van der Waals surface area contributed by atoms with Crippen molar-refractivity contribution in [1.82, 2.24) is 4.57 Å². The van der Waals surface area contributed by atoms with Crippen LogP contribution in [0.1, 0.15) is 16.9 Å². The molecule has 2 aromatic heterocycles. The van der Waals surface area contributed by atoms with Crippen LogP contribution in [0.5, 0.6) is 0 Å². The number of para-hydroxylation sites is 1. The number of benzene rings is 10. The second-order valence-electron chi connectivity index (χ2n) is 18.3. The van der Waals surface area contributed by atoms with Crippen molar-refractivity contribution < 1.29 is 0 Å². The number of hydrogen-bond acceptors (Lipinski definition) is 1. The van der Waals surface area contributed by atoms with E-state index in [1.54, 1.807) is 0 Å². The maximum atomic E-state index is 2.60. The van der Waals surface area contributed by atoms with Crippen LogP contribution in [0.25, 0.3) is 88.2 Å². The molecule has 0 aliphatic heterocycles. The van der Waals surface area contributed by atoms with Crippen LogP contribution in [0, 0.1) is 0 Å². The zero-order valence-corrected chi connectivity index (χ0v) is 39.9. The highest BCUT2D eigenvalue weighted by Crippen LogP contribution is 2.45. The predicted octanol–water partition coefficient (Wildman–Crippen LogP) is 15.0. The molecule has 0 N–H and O–H groups in total. The average molecular weight is 914 g/mol. The third kappa shape index (κ3) is 6.96. The van der Waals surface area contributed by atoms with E-state index in [4.69, 9.17) is 0 Å². The smallest absolute Gasteiger partial charge is 0.179 e. The molecule has 0 unspecified atom stereocenters. The minimum atomic E-state index is -3.23. The fourth-order valence-electron chi connectivity index (χ4n) is 11.2. The fourth-order valence-corrected chi connectivity index (χ4v) is 17.3. The molecule has 1 nitrogen and oxygen atoms in total. The van der Waals surface area contributed by atoms with Gasteiger partial charge in [0, 0.05) is 36.9 Å². The Bertz CT molecular complexity index is 3700. The molecule has 1 aliphatic carbocycles. The molecule has 0 radical (unpaired) electrons. The van der Waals surface area contributed by atoms with Crippen LogP contribution in [0.4, 0.5) is 0 Å². The summed E-state index contributed by atoms with van der Waals surface area (Å²) in [5.74, 6) is 0. The van der Waals surface area contributed by atoms with Gasteiger partial charge in [-0.25, -0.2) is 0 Å². The van der Waals surface area contributed by atoms with Crippen LogP contribution in [0.2, 0.25) is 0 Å². The van der Waals surface area contributed by atoms with Gasteiger partial charge in [0.15, 0.2) is 8.07 Å². The number of hydrogen-bond donors (Lipinski definition) is 0. The highest BCUT2D eigenvalue weighted by Gasteiger charge is 2.43. The van der Waals surface area contributed by atoms with Crippen LogP contribution in [0.3, 0.4) is 0 Å². The Hall–Kier alpha value is -8.08. The highest BCUT2D eigenvalue weighted by atomic mass is 32.1. The number of aryl methyl sites for hydroxylation is 1. The Morgan fingerprint density at radius 1 is 0.362 bits per heavy atom. The van der Waals surface area contributed by atoms with Crippen molar-refractivity contribution >= 4 is 78.1 Å². The molecule has 326 valence electrons. The third-order valence-electron chi connectivity index (χ3n) is 14.4. The summed E-state index contributed by atoms with van der Waals surface area (Å²) in [5, 5.41) is 9.22. The molecule has 0 saturated heterocycles. The third-order valence-corrected chi connectivity index (χ3v) is 20.3. The lowest BCUT2D eigenvalue weighted by Gasteiger charge is -2.36. The summed E-state index contributed by atoms with van der Waals surface area (Å²) < 4.78 is 3.96. The molecule has 2 heterocycles. The van der Waals surface area contributed by atoms with E-state index in [-0.39, 0.29) is 0 Å². The number of thiophene rings is 1. The second kappa shape index (κ2) is 17.2. The summed E-state index contributed by atoms with van der Waals surface area (Å²) in [7, 11) is -3.23. The van der Waals surface area contributed by atoms with Gasteiger partial charge in [0.2, 0.25) is 0 Å². The summed E-state index contributed by atoms with van der Waals surface area (Å²) in [4.78, 5) is 1.49. The van der Waals surface area contributed by atoms with Crippen molar-refractivity contribution in [3.8, 4) is 50.2 Å². The first-order chi connectivity index (χ1) is 34.2. The van der Waals surface area contributed by atoms with Crippen LogP contribution in [-0.2, 0) is 6.42 Å². The van der Waals surface area contributed by atoms with Gasteiger partial charge in [-0.05, 0) is 96.8 Å². The Kier molecular flexibility index (Phi) is 10.3.